The summed E-state index contributed by atoms with van der Waals surface area (Å²) in [5.74, 6) is -0.157. The molecular formula is C13H14N4OS. The quantitative estimate of drug-likeness (QED) is 0.659. The summed E-state index contributed by atoms with van der Waals surface area (Å²) in [6, 6.07) is 7.02. The lowest BCUT2D eigenvalue weighted by molar-refractivity contribution is 0.0963. The minimum atomic E-state index is -0.157. The summed E-state index contributed by atoms with van der Waals surface area (Å²) < 4.78 is 0. The summed E-state index contributed by atoms with van der Waals surface area (Å²) >= 11 is 1.38. The van der Waals surface area contributed by atoms with Gasteiger partial charge >= 0.3 is 0 Å². The molecule has 1 aromatic carbocycles. The molecule has 0 saturated carbocycles. The Hall–Kier alpha value is -2.08. The first-order valence-corrected chi connectivity index (χ1v) is 6.51. The van der Waals surface area contributed by atoms with E-state index in [2.05, 4.69) is 15.3 Å². The topological polar surface area (TPSA) is 80.9 Å². The average Bonchev–Trinajstić information content (AvgIpc) is 2.40. The van der Waals surface area contributed by atoms with E-state index in [1.165, 1.54) is 11.8 Å². The molecule has 6 heteroatoms. The van der Waals surface area contributed by atoms with E-state index >= 15 is 0 Å². The first kappa shape index (κ1) is 13.4. The van der Waals surface area contributed by atoms with E-state index in [-0.39, 0.29) is 5.91 Å². The van der Waals surface area contributed by atoms with Crippen LogP contribution in [0, 0.1) is 6.92 Å². The van der Waals surface area contributed by atoms with Crippen LogP contribution >= 0.6 is 11.8 Å². The van der Waals surface area contributed by atoms with Crippen molar-refractivity contribution in [3.63, 3.8) is 0 Å². The van der Waals surface area contributed by atoms with Gasteiger partial charge in [0.1, 0.15) is 0 Å². The Labute approximate surface area is 115 Å². The number of nitrogen functional groups attached to an aromatic ring is 1. The van der Waals surface area contributed by atoms with Gasteiger partial charge in [-0.1, -0.05) is 0 Å². The van der Waals surface area contributed by atoms with Crippen molar-refractivity contribution in [2.45, 2.75) is 17.0 Å². The second kappa shape index (κ2) is 5.71. The minimum absolute atomic E-state index is 0.157. The lowest BCUT2D eigenvalue weighted by Crippen LogP contribution is -2.17. The SMILES string of the molecule is CNC(=O)c1ccc(Sc2nccc(C)n2)c(N)c1. The molecule has 19 heavy (non-hydrogen) atoms. The van der Waals surface area contributed by atoms with E-state index in [0.29, 0.717) is 16.4 Å². The second-order valence-corrected chi connectivity index (χ2v) is 4.92. The van der Waals surface area contributed by atoms with Crippen molar-refractivity contribution in [2.75, 3.05) is 12.8 Å². The highest BCUT2D eigenvalue weighted by Crippen LogP contribution is 2.30. The van der Waals surface area contributed by atoms with Crippen LogP contribution in [0.3, 0.4) is 0 Å². The minimum Gasteiger partial charge on any atom is -0.398 e. The Bertz CT molecular complexity index is 615. The van der Waals surface area contributed by atoms with E-state index in [0.717, 1.165) is 10.6 Å². The van der Waals surface area contributed by atoms with E-state index in [4.69, 9.17) is 5.73 Å². The van der Waals surface area contributed by atoms with Gasteiger partial charge in [0.25, 0.3) is 5.91 Å². The molecule has 5 nitrogen and oxygen atoms in total. The van der Waals surface area contributed by atoms with E-state index in [9.17, 15) is 4.79 Å². The first-order valence-electron chi connectivity index (χ1n) is 5.69. The number of aromatic nitrogens is 2. The van der Waals surface area contributed by atoms with Gasteiger partial charge in [-0.05, 0) is 43.0 Å². The molecule has 0 spiro atoms. The lowest BCUT2D eigenvalue weighted by atomic mass is 10.2. The number of anilines is 1. The molecule has 0 radical (unpaired) electrons. The maximum Gasteiger partial charge on any atom is 0.251 e. The highest BCUT2D eigenvalue weighted by molar-refractivity contribution is 7.99. The fourth-order valence-electron chi connectivity index (χ4n) is 1.50. The molecule has 1 aromatic heterocycles. The summed E-state index contributed by atoms with van der Waals surface area (Å²) in [6.45, 7) is 1.91. The number of nitrogens with zero attached hydrogens (tertiary/aromatic N) is 2. The van der Waals surface area contributed by atoms with Crippen LogP contribution in [0.4, 0.5) is 5.69 Å². The number of nitrogens with two attached hydrogens (primary N) is 1. The van der Waals surface area contributed by atoms with Crippen LogP contribution in [0.5, 0.6) is 0 Å². The zero-order valence-electron chi connectivity index (χ0n) is 10.7. The van der Waals surface area contributed by atoms with Gasteiger partial charge in [-0.15, -0.1) is 0 Å². The molecule has 3 N–H and O–H groups in total. The summed E-state index contributed by atoms with van der Waals surface area (Å²) in [5, 5.41) is 3.20. The monoisotopic (exact) mass is 274 g/mol. The van der Waals surface area contributed by atoms with Crippen LogP contribution in [0.15, 0.2) is 40.5 Å². The molecule has 1 heterocycles. The molecule has 0 aliphatic rings. The van der Waals surface area contributed by atoms with Crippen LogP contribution in [0.25, 0.3) is 0 Å². The molecule has 2 rings (SSSR count). The van der Waals surface area contributed by atoms with Crippen molar-refractivity contribution in [1.82, 2.24) is 15.3 Å². The number of rotatable bonds is 3. The fraction of sp³-hybridized carbons (Fsp3) is 0.154. The van der Waals surface area contributed by atoms with Crippen molar-refractivity contribution in [3.05, 3.63) is 41.7 Å². The molecular weight excluding hydrogens is 260 g/mol. The van der Waals surface area contributed by atoms with E-state index < -0.39 is 0 Å². The molecule has 0 saturated heterocycles. The normalized spacial score (nSPS) is 10.2. The molecule has 2 aromatic rings. The molecule has 0 bridgehead atoms. The van der Waals surface area contributed by atoms with Crippen LogP contribution in [0.1, 0.15) is 16.1 Å². The number of benzene rings is 1. The van der Waals surface area contributed by atoms with Crippen molar-refractivity contribution in [2.24, 2.45) is 0 Å². The number of carbonyl (C=O) groups is 1. The highest BCUT2D eigenvalue weighted by Gasteiger charge is 2.08. The molecule has 98 valence electrons. The Morgan fingerprint density at radius 2 is 2.16 bits per heavy atom. The zero-order chi connectivity index (χ0) is 13.8. The van der Waals surface area contributed by atoms with Gasteiger partial charge in [-0.2, -0.15) is 0 Å². The molecule has 0 fully saturated rings. The fourth-order valence-corrected chi connectivity index (χ4v) is 2.31. The second-order valence-electron chi connectivity index (χ2n) is 3.91. The third kappa shape index (κ3) is 3.23. The number of nitrogens with one attached hydrogen (secondary N) is 1. The average molecular weight is 274 g/mol. The maximum absolute atomic E-state index is 11.5. The zero-order valence-corrected chi connectivity index (χ0v) is 11.5. The number of carbonyl (C=O) groups excluding carboxylic acids is 1. The van der Waals surface area contributed by atoms with Gasteiger partial charge in [0.05, 0.1) is 0 Å². The predicted octanol–water partition coefficient (Wildman–Crippen LogP) is 1.88. The van der Waals surface area contributed by atoms with Crippen LogP contribution < -0.4 is 11.1 Å². The number of amides is 1. The van der Waals surface area contributed by atoms with Gasteiger partial charge in [0.15, 0.2) is 5.16 Å². The molecule has 0 aliphatic carbocycles. The Kier molecular flexibility index (Phi) is 4.01. The van der Waals surface area contributed by atoms with E-state index in [1.807, 2.05) is 13.0 Å². The summed E-state index contributed by atoms with van der Waals surface area (Å²) in [6.07, 6.45) is 1.71. The van der Waals surface area contributed by atoms with Crippen LogP contribution in [0.2, 0.25) is 0 Å². The first-order chi connectivity index (χ1) is 9.10. The summed E-state index contributed by atoms with van der Waals surface area (Å²) in [4.78, 5) is 20.8. The Morgan fingerprint density at radius 3 is 2.79 bits per heavy atom. The van der Waals surface area contributed by atoms with E-state index in [1.54, 1.807) is 31.4 Å². The standard InChI is InChI=1S/C13H14N4OS/c1-8-5-6-16-13(17-8)19-11-4-3-9(7-10(11)14)12(18)15-2/h3-7H,14H2,1-2H3,(H,15,18). The van der Waals surface area contributed by atoms with Crippen LogP contribution in [-0.4, -0.2) is 22.9 Å². The maximum atomic E-state index is 11.5. The number of aryl methyl sites for hydroxylation is 1. The number of hydrogen-bond donors (Lipinski definition) is 2. The van der Waals surface area contributed by atoms with Gasteiger partial charge in [-0.3, -0.25) is 4.79 Å². The molecule has 1 amide bonds. The van der Waals surface area contributed by atoms with Gasteiger partial charge < -0.3 is 11.1 Å². The summed E-state index contributed by atoms with van der Waals surface area (Å²) in [5.41, 5.74) is 7.92. The predicted molar refractivity (Wildman–Crippen MR) is 75.1 cm³/mol. The van der Waals surface area contributed by atoms with Gasteiger partial charge in [0, 0.05) is 35.1 Å². The van der Waals surface area contributed by atoms with Crippen molar-refractivity contribution >= 4 is 23.4 Å². The molecule has 0 atom stereocenters. The van der Waals surface area contributed by atoms with Crippen molar-refractivity contribution in [1.29, 1.82) is 0 Å². The summed E-state index contributed by atoms with van der Waals surface area (Å²) in [7, 11) is 1.59. The largest absolute Gasteiger partial charge is 0.398 e. The Morgan fingerprint density at radius 1 is 1.37 bits per heavy atom. The third-order valence-corrected chi connectivity index (χ3v) is 3.44. The number of hydrogen-bond acceptors (Lipinski definition) is 5. The van der Waals surface area contributed by atoms with Crippen molar-refractivity contribution in [3.8, 4) is 0 Å². The molecule has 0 unspecified atom stereocenters. The highest BCUT2D eigenvalue weighted by atomic mass is 32.2. The van der Waals surface area contributed by atoms with Crippen LogP contribution in [-0.2, 0) is 0 Å². The molecule has 0 aliphatic heterocycles. The van der Waals surface area contributed by atoms with Gasteiger partial charge in [-0.25, -0.2) is 9.97 Å². The smallest absolute Gasteiger partial charge is 0.251 e. The van der Waals surface area contributed by atoms with Gasteiger partial charge in [0.2, 0.25) is 0 Å². The van der Waals surface area contributed by atoms with Crippen molar-refractivity contribution < 1.29 is 4.79 Å². The Balaban J connectivity index is 2.24. The third-order valence-electron chi connectivity index (χ3n) is 2.47. The lowest BCUT2D eigenvalue weighted by Gasteiger charge is -2.06.